The van der Waals surface area contributed by atoms with Crippen LogP contribution >= 0.6 is 0 Å². The summed E-state index contributed by atoms with van der Waals surface area (Å²) < 4.78 is 0. The molecule has 122 valence electrons. The number of anilines is 1. The van der Waals surface area contributed by atoms with Crippen LogP contribution in [0, 0.1) is 0 Å². The Morgan fingerprint density at radius 1 is 1.17 bits per heavy atom. The summed E-state index contributed by atoms with van der Waals surface area (Å²) in [5.74, 6) is -0.996. The fourth-order valence-corrected chi connectivity index (χ4v) is 2.31. The molecule has 1 saturated heterocycles. The summed E-state index contributed by atoms with van der Waals surface area (Å²) in [6.45, 7) is 2.43. The van der Waals surface area contributed by atoms with Gasteiger partial charge in [-0.3, -0.25) is 24.1 Å². The van der Waals surface area contributed by atoms with Gasteiger partial charge in [0.2, 0.25) is 17.7 Å². The minimum Gasteiger partial charge on any atom is -0.352 e. The molecule has 0 radical (unpaired) electrons. The van der Waals surface area contributed by atoms with Crippen LogP contribution in [-0.4, -0.2) is 41.6 Å². The first-order valence-corrected chi connectivity index (χ1v) is 7.52. The number of carbonyl (C=O) groups excluding carboxylic acids is 4. The molecule has 0 atom stereocenters. The second kappa shape index (κ2) is 7.53. The zero-order valence-electron chi connectivity index (χ0n) is 12.9. The van der Waals surface area contributed by atoms with Gasteiger partial charge in [0.1, 0.15) is 0 Å². The lowest BCUT2D eigenvalue weighted by molar-refractivity contribution is -0.138. The Morgan fingerprint density at radius 3 is 2.52 bits per heavy atom. The molecule has 0 aliphatic carbocycles. The molecule has 7 nitrogen and oxygen atoms in total. The zero-order valence-corrected chi connectivity index (χ0v) is 12.9. The third-order valence-electron chi connectivity index (χ3n) is 3.46. The van der Waals surface area contributed by atoms with E-state index in [-0.39, 0.29) is 49.4 Å². The highest BCUT2D eigenvalue weighted by molar-refractivity contribution is 6.02. The molecule has 0 unspecified atom stereocenters. The topological polar surface area (TPSA) is 95.6 Å². The number of nitrogens with one attached hydrogen (secondary N) is 2. The summed E-state index contributed by atoms with van der Waals surface area (Å²) in [5.41, 5.74) is 0.951. The van der Waals surface area contributed by atoms with Gasteiger partial charge in [0.25, 0.3) is 5.91 Å². The van der Waals surface area contributed by atoms with Gasteiger partial charge in [-0.25, -0.2) is 0 Å². The van der Waals surface area contributed by atoms with Gasteiger partial charge in [0.15, 0.2) is 0 Å². The van der Waals surface area contributed by atoms with Gasteiger partial charge >= 0.3 is 0 Å². The lowest BCUT2D eigenvalue weighted by Crippen LogP contribution is -2.32. The van der Waals surface area contributed by atoms with Crippen LogP contribution in [0.15, 0.2) is 24.3 Å². The Bertz CT molecular complexity index is 626. The lowest BCUT2D eigenvalue weighted by Gasteiger charge is -2.13. The smallest absolute Gasteiger partial charge is 0.251 e. The number of hydrogen-bond acceptors (Lipinski definition) is 4. The van der Waals surface area contributed by atoms with Gasteiger partial charge < -0.3 is 10.6 Å². The molecule has 1 aromatic carbocycles. The first-order chi connectivity index (χ1) is 11.0. The molecule has 23 heavy (non-hydrogen) atoms. The molecule has 7 heteroatoms. The van der Waals surface area contributed by atoms with Crippen LogP contribution in [0.3, 0.4) is 0 Å². The number of rotatable bonds is 6. The molecule has 1 aliphatic heterocycles. The van der Waals surface area contributed by atoms with Gasteiger partial charge in [-0.05, 0) is 25.1 Å². The normalized spacial score (nSPS) is 14.0. The van der Waals surface area contributed by atoms with E-state index < -0.39 is 0 Å². The van der Waals surface area contributed by atoms with Crippen molar-refractivity contribution in [3.63, 3.8) is 0 Å². The fraction of sp³-hybridized carbons (Fsp3) is 0.375. The largest absolute Gasteiger partial charge is 0.352 e. The van der Waals surface area contributed by atoms with Crippen molar-refractivity contribution < 1.29 is 19.2 Å². The number of amides is 4. The second-order valence-corrected chi connectivity index (χ2v) is 5.18. The molecule has 1 aliphatic rings. The summed E-state index contributed by atoms with van der Waals surface area (Å²) in [5, 5.41) is 5.35. The Morgan fingerprint density at radius 2 is 1.87 bits per heavy atom. The quantitative estimate of drug-likeness (QED) is 0.762. The number of hydrogen-bond donors (Lipinski definition) is 2. The van der Waals surface area contributed by atoms with Gasteiger partial charge in [0, 0.05) is 43.6 Å². The van der Waals surface area contributed by atoms with Crippen molar-refractivity contribution in [2.24, 2.45) is 0 Å². The lowest BCUT2D eigenvalue weighted by atomic mass is 10.2. The minimum absolute atomic E-state index is 0.0306. The van der Waals surface area contributed by atoms with Crippen LogP contribution in [0.25, 0.3) is 0 Å². The van der Waals surface area contributed by atoms with Crippen LogP contribution in [-0.2, 0) is 14.4 Å². The Balaban J connectivity index is 1.90. The van der Waals surface area contributed by atoms with E-state index in [9.17, 15) is 19.2 Å². The van der Waals surface area contributed by atoms with Crippen LogP contribution in [0.5, 0.6) is 0 Å². The molecule has 1 fully saturated rings. The highest BCUT2D eigenvalue weighted by Gasteiger charge is 2.28. The Hall–Kier alpha value is -2.70. The predicted molar refractivity (Wildman–Crippen MR) is 83.6 cm³/mol. The minimum atomic E-state index is -0.314. The summed E-state index contributed by atoms with van der Waals surface area (Å²) >= 11 is 0. The highest BCUT2D eigenvalue weighted by atomic mass is 16.2. The SMILES string of the molecule is CCNC(=O)c1cccc(NC(=O)CCN2C(=O)CCC2=O)c1. The van der Waals surface area contributed by atoms with E-state index in [4.69, 9.17) is 0 Å². The number of imide groups is 1. The maximum Gasteiger partial charge on any atom is 0.251 e. The molecular formula is C16H19N3O4. The molecule has 4 amide bonds. The number of nitrogens with zero attached hydrogens (tertiary/aromatic N) is 1. The number of likely N-dealkylation sites (tertiary alicyclic amines) is 1. The summed E-state index contributed by atoms with van der Waals surface area (Å²) in [4.78, 5) is 47.7. The average molecular weight is 317 g/mol. The standard InChI is InChI=1S/C16H19N3O4/c1-2-17-16(23)11-4-3-5-12(10-11)18-13(20)8-9-19-14(21)6-7-15(19)22/h3-5,10H,2,6-9H2,1H3,(H,17,23)(H,18,20). The fourth-order valence-electron chi connectivity index (χ4n) is 2.31. The van der Waals surface area contributed by atoms with E-state index in [1.807, 2.05) is 6.92 Å². The summed E-state index contributed by atoms with van der Waals surface area (Å²) in [6.07, 6.45) is 0.465. The predicted octanol–water partition coefficient (Wildman–Crippen LogP) is 0.914. The van der Waals surface area contributed by atoms with E-state index in [2.05, 4.69) is 10.6 Å². The number of carbonyl (C=O) groups is 4. The molecule has 0 aromatic heterocycles. The first-order valence-electron chi connectivity index (χ1n) is 7.52. The van der Waals surface area contributed by atoms with Crippen LogP contribution < -0.4 is 10.6 Å². The third kappa shape index (κ3) is 4.38. The van der Waals surface area contributed by atoms with Crippen molar-refractivity contribution in [3.05, 3.63) is 29.8 Å². The maximum absolute atomic E-state index is 11.9. The van der Waals surface area contributed by atoms with Gasteiger partial charge in [-0.1, -0.05) is 6.07 Å². The molecular weight excluding hydrogens is 298 g/mol. The summed E-state index contributed by atoms with van der Waals surface area (Å²) in [7, 11) is 0. The Labute approximate surface area is 134 Å². The van der Waals surface area contributed by atoms with Crippen molar-refractivity contribution >= 4 is 29.3 Å². The molecule has 2 N–H and O–H groups in total. The zero-order chi connectivity index (χ0) is 16.8. The molecule has 0 bridgehead atoms. The van der Waals surface area contributed by atoms with Crippen molar-refractivity contribution in [2.75, 3.05) is 18.4 Å². The van der Waals surface area contributed by atoms with Crippen molar-refractivity contribution in [2.45, 2.75) is 26.2 Å². The molecule has 2 rings (SSSR count). The van der Waals surface area contributed by atoms with E-state index >= 15 is 0 Å². The van der Waals surface area contributed by atoms with Crippen molar-refractivity contribution in [3.8, 4) is 0 Å². The molecule has 1 aromatic rings. The second-order valence-electron chi connectivity index (χ2n) is 5.18. The van der Waals surface area contributed by atoms with Crippen molar-refractivity contribution in [1.82, 2.24) is 10.2 Å². The van der Waals surface area contributed by atoms with E-state index in [1.165, 1.54) is 0 Å². The average Bonchev–Trinajstić information content (AvgIpc) is 2.84. The van der Waals surface area contributed by atoms with Gasteiger partial charge in [-0.15, -0.1) is 0 Å². The summed E-state index contributed by atoms with van der Waals surface area (Å²) in [6, 6.07) is 6.58. The first kappa shape index (κ1) is 16.7. The monoisotopic (exact) mass is 317 g/mol. The molecule has 0 saturated carbocycles. The van der Waals surface area contributed by atoms with Crippen LogP contribution in [0.2, 0.25) is 0 Å². The van der Waals surface area contributed by atoms with Crippen molar-refractivity contribution in [1.29, 1.82) is 0 Å². The Kier molecular flexibility index (Phi) is 5.46. The van der Waals surface area contributed by atoms with E-state index in [1.54, 1.807) is 24.3 Å². The third-order valence-corrected chi connectivity index (χ3v) is 3.46. The van der Waals surface area contributed by atoms with Crippen LogP contribution in [0.1, 0.15) is 36.5 Å². The maximum atomic E-state index is 11.9. The van der Waals surface area contributed by atoms with Crippen LogP contribution in [0.4, 0.5) is 5.69 Å². The van der Waals surface area contributed by atoms with E-state index in [0.29, 0.717) is 17.8 Å². The van der Waals surface area contributed by atoms with Gasteiger partial charge in [-0.2, -0.15) is 0 Å². The molecule has 0 spiro atoms. The highest BCUT2D eigenvalue weighted by Crippen LogP contribution is 2.14. The van der Waals surface area contributed by atoms with Gasteiger partial charge in [0.05, 0.1) is 0 Å². The number of benzene rings is 1. The molecule has 1 heterocycles. The van der Waals surface area contributed by atoms with E-state index in [0.717, 1.165) is 4.90 Å².